The fourth-order valence-corrected chi connectivity index (χ4v) is 3.81. The van der Waals surface area contributed by atoms with E-state index in [9.17, 15) is 18.0 Å². The highest BCUT2D eigenvalue weighted by atomic mass is 35.5. The van der Waals surface area contributed by atoms with E-state index < -0.39 is 38.6 Å². The van der Waals surface area contributed by atoms with Gasteiger partial charge in [0, 0.05) is 0 Å². The first-order chi connectivity index (χ1) is 9.65. The lowest BCUT2D eigenvalue weighted by Gasteiger charge is -2.16. The van der Waals surface area contributed by atoms with Crippen LogP contribution in [0, 0.1) is 5.92 Å². The molecule has 0 aromatic heterocycles. The molecule has 21 heavy (non-hydrogen) atoms. The fraction of sp³-hybridized carbons (Fsp3) is 0.385. The summed E-state index contributed by atoms with van der Waals surface area (Å²) in [5, 5.41) is 10.00. The topological polar surface area (TPSA) is 101 Å². The van der Waals surface area contributed by atoms with Gasteiger partial charge in [-0.1, -0.05) is 37.6 Å². The molecule has 116 valence electrons. The zero-order valence-corrected chi connectivity index (χ0v) is 13.1. The van der Waals surface area contributed by atoms with Gasteiger partial charge in [0.2, 0.25) is 5.91 Å². The second-order valence-corrected chi connectivity index (χ2v) is 7.37. The van der Waals surface area contributed by atoms with Gasteiger partial charge < -0.3 is 10.4 Å². The molecule has 0 aliphatic rings. The average molecular weight is 334 g/mol. The Morgan fingerprint density at radius 2 is 1.86 bits per heavy atom. The van der Waals surface area contributed by atoms with Gasteiger partial charge in [-0.05, 0) is 18.1 Å². The van der Waals surface area contributed by atoms with E-state index in [1.54, 1.807) is 18.2 Å². The summed E-state index contributed by atoms with van der Waals surface area (Å²) in [7, 11) is -4.11. The summed E-state index contributed by atoms with van der Waals surface area (Å²) in [6, 6.07) is 6.35. The maximum absolute atomic E-state index is 12.0. The Balaban J connectivity index is 2.87. The predicted molar refractivity (Wildman–Crippen MR) is 80.1 cm³/mol. The van der Waals surface area contributed by atoms with E-state index in [1.807, 2.05) is 0 Å². The summed E-state index contributed by atoms with van der Waals surface area (Å²) in [6.45, 7) is 2.95. The normalized spacial score (nSPS) is 13.0. The van der Waals surface area contributed by atoms with Gasteiger partial charge in [0.05, 0.1) is 10.7 Å². The van der Waals surface area contributed by atoms with Crippen molar-refractivity contribution < 1.29 is 23.1 Å². The number of anilines is 1. The molecule has 0 saturated heterocycles. The van der Waals surface area contributed by atoms with E-state index in [1.165, 1.54) is 19.9 Å². The number of aliphatic carboxylic acids is 1. The van der Waals surface area contributed by atoms with Crippen LogP contribution >= 0.6 is 11.6 Å². The Labute approximate surface area is 128 Å². The molecular formula is C13H16ClNO5S. The number of benzene rings is 1. The minimum Gasteiger partial charge on any atom is -0.480 e. The summed E-state index contributed by atoms with van der Waals surface area (Å²) >= 11 is 5.84. The van der Waals surface area contributed by atoms with Gasteiger partial charge in [-0.3, -0.25) is 9.59 Å². The van der Waals surface area contributed by atoms with Crippen LogP contribution in [0.2, 0.25) is 5.02 Å². The van der Waals surface area contributed by atoms with Crippen LogP contribution < -0.4 is 5.32 Å². The molecule has 0 fully saturated rings. The number of amides is 1. The second-order valence-electron chi connectivity index (χ2n) is 4.84. The summed E-state index contributed by atoms with van der Waals surface area (Å²) < 4.78 is 24.0. The second kappa shape index (κ2) is 6.91. The first-order valence-corrected chi connectivity index (χ1v) is 8.23. The molecule has 1 rings (SSSR count). The lowest BCUT2D eigenvalue weighted by Crippen LogP contribution is -2.39. The van der Waals surface area contributed by atoms with Crippen LogP contribution in [0.25, 0.3) is 0 Å². The highest BCUT2D eigenvalue weighted by molar-refractivity contribution is 7.93. The van der Waals surface area contributed by atoms with Gasteiger partial charge in [0.15, 0.2) is 15.1 Å². The summed E-state index contributed by atoms with van der Waals surface area (Å²) in [4.78, 5) is 22.8. The number of halogens is 1. The number of hydrogen-bond acceptors (Lipinski definition) is 4. The van der Waals surface area contributed by atoms with Crippen LogP contribution in [0.15, 0.2) is 24.3 Å². The van der Waals surface area contributed by atoms with Crippen LogP contribution in [-0.2, 0) is 19.4 Å². The molecule has 0 spiro atoms. The highest BCUT2D eigenvalue weighted by Gasteiger charge is 2.36. The predicted octanol–water partition coefficient (Wildman–Crippen LogP) is 1.80. The van der Waals surface area contributed by atoms with Crippen LogP contribution in [0.5, 0.6) is 0 Å². The maximum atomic E-state index is 12.0. The lowest BCUT2D eigenvalue weighted by molar-refractivity contribution is -0.137. The largest absolute Gasteiger partial charge is 0.480 e. The van der Waals surface area contributed by atoms with Crippen molar-refractivity contribution in [2.45, 2.75) is 19.1 Å². The molecule has 0 radical (unpaired) electrons. The number of rotatable bonds is 6. The third-order valence-electron chi connectivity index (χ3n) is 2.72. The highest BCUT2D eigenvalue weighted by Crippen LogP contribution is 2.21. The molecule has 1 unspecified atom stereocenters. The smallest absolute Gasteiger partial charge is 0.322 e. The molecule has 1 amide bonds. The molecular weight excluding hydrogens is 318 g/mol. The van der Waals surface area contributed by atoms with E-state index >= 15 is 0 Å². The van der Waals surface area contributed by atoms with Crippen molar-refractivity contribution >= 4 is 39.0 Å². The van der Waals surface area contributed by atoms with Gasteiger partial charge >= 0.3 is 5.97 Å². The number of carbonyl (C=O) groups is 2. The fourth-order valence-electron chi connectivity index (χ4n) is 1.87. The standard InChI is InChI=1S/C13H16ClNO5S/c1-8(2)12(13(17)18)21(19,20)7-11(16)15-10-6-4-3-5-9(10)14/h3-6,8,12H,7H2,1-2H3,(H,15,16)(H,17,18). The molecule has 0 aliphatic heterocycles. The molecule has 1 aromatic carbocycles. The molecule has 8 heteroatoms. The number of carboxylic acid groups (broad SMARTS) is 1. The van der Waals surface area contributed by atoms with E-state index in [0.29, 0.717) is 0 Å². The molecule has 0 bridgehead atoms. The van der Waals surface area contributed by atoms with Crippen molar-refractivity contribution in [2.75, 3.05) is 11.1 Å². The van der Waals surface area contributed by atoms with Crippen molar-refractivity contribution in [3.63, 3.8) is 0 Å². The Morgan fingerprint density at radius 1 is 1.29 bits per heavy atom. The number of hydrogen-bond donors (Lipinski definition) is 2. The SMILES string of the molecule is CC(C)C(C(=O)O)S(=O)(=O)CC(=O)Nc1ccccc1Cl. The minimum absolute atomic E-state index is 0.266. The molecule has 1 atom stereocenters. The molecule has 0 saturated carbocycles. The van der Waals surface area contributed by atoms with E-state index in [2.05, 4.69) is 5.32 Å². The monoisotopic (exact) mass is 333 g/mol. The molecule has 2 N–H and O–H groups in total. The first kappa shape index (κ1) is 17.5. The van der Waals surface area contributed by atoms with Gasteiger partial charge in [-0.15, -0.1) is 0 Å². The Hall–Kier alpha value is -1.60. The van der Waals surface area contributed by atoms with Gasteiger partial charge in [-0.2, -0.15) is 0 Å². The Bertz CT molecular complexity index is 642. The van der Waals surface area contributed by atoms with Gasteiger partial charge in [-0.25, -0.2) is 8.42 Å². The van der Waals surface area contributed by atoms with Crippen molar-refractivity contribution in [2.24, 2.45) is 5.92 Å². The van der Waals surface area contributed by atoms with Crippen molar-refractivity contribution in [3.05, 3.63) is 29.3 Å². The van der Waals surface area contributed by atoms with Crippen LogP contribution in [-0.4, -0.2) is 36.4 Å². The minimum atomic E-state index is -4.11. The van der Waals surface area contributed by atoms with Crippen LogP contribution in [0.4, 0.5) is 5.69 Å². The third-order valence-corrected chi connectivity index (χ3v) is 5.23. The summed E-state index contributed by atoms with van der Waals surface area (Å²) in [5.74, 6) is -3.83. The Kier molecular flexibility index (Phi) is 5.74. The quantitative estimate of drug-likeness (QED) is 0.826. The van der Waals surface area contributed by atoms with E-state index in [0.717, 1.165) is 0 Å². The maximum Gasteiger partial charge on any atom is 0.322 e. The zero-order valence-electron chi connectivity index (χ0n) is 11.5. The molecule has 0 aliphatic carbocycles. The van der Waals surface area contributed by atoms with E-state index in [4.69, 9.17) is 16.7 Å². The summed E-state index contributed by atoms with van der Waals surface area (Å²) in [6.07, 6.45) is 0. The number of para-hydroxylation sites is 1. The van der Waals surface area contributed by atoms with Gasteiger partial charge in [0.1, 0.15) is 5.75 Å². The van der Waals surface area contributed by atoms with Crippen LogP contribution in [0.3, 0.4) is 0 Å². The lowest BCUT2D eigenvalue weighted by atomic mass is 10.1. The Morgan fingerprint density at radius 3 is 2.33 bits per heavy atom. The van der Waals surface area contributed by atoms with Crippen molar-refractivity contribution in [1.82, 2.24) is 0 Å². The zero-order chi connectivity index (χ0) is 16.2. The summed E-state index contributed by atoms with van der Waals surface area (Å²) in [5.41, 5.74) is 0.274. The number of nitrogens with one attached hydrogen (secondary N) is 1. The molecule has 1 aromatic rings. The molecule has 0 heterocycles. The number of carboxylic acids is 1. The molecule has 6 nitrogen and oxygen atoms in total. The van der Waals surface area contributed by atoms with Crippen molar-refractivity contribution in [3.8, 4) is 0 Å². The number of sulfone groups is 1. The average Bonchev–Trinajstić information content (AvgIpc) is 2.29. The van der Waals surface area contributed by atoms with Crippen molar-refractivity contribution in [1.29, 1.82) is 0 Å². The first-order valence-electron chi connectivity index (χ1n) is 6.14. The van der Waals surface area contributed by atoms with E-state index in [-0.39, 0.29) is 10.7 Å². The third kappa shape index (κ3) is 4.71. The van der Waals surface area contributed by atoms with Crippen LogP contribution in [0.1, 0.15) is 13.8 Å². The number of carbonyl (C=O) groups excluding carboxylic acids is 1. The van der Waals surface area contributed by atoms with Gasteiger partial charge in [0.25, 0.3) is 0 Å².